The molecule has 2 heteroatoms. The molecule has 18 heavy (non-hydrogen) atoms. The van der Waals surface area contributed by atoms with Gasteiger partial charge in [-0.3, -0.25) is 0 Å². The van der Waals surface area contributed by atoms with E-state index < -0.39 is 0 Å². The molecule has 2 nitrogen and oxygen atoms in total. The molecule has 0 heterocycles. The van der Waals surface area contributed by atoms with Gasteiger partial charge in [-0.25, -0.2) is 0 Å². The Bertz CT molecular complexity index is 381. The lowest BCUT2D eigenvalue weighted by molar-refractivity contribution is 0.427. The number of nitrogens with zero attached hydrogens (tertiary/aromatic N) is 1. The van der Waals surface area contributed by atoms with Crippen LogP contribution in [0.25, 0.3) is 0 Å². The highest BCUT2D eigenvalue weighted by molar-refractivity contribution is 5.51. The van der Waals surface area contributed by atoms with Crippen LogP contribution in [0.15, 0.2) is 18.2 Å². The van der Waals surface area contributed by atoms with E-state index in [1.54, 1.807) is 0 Å². The van der Waals surface area contributed by atoms with Gasteiger partial charge >= 0.3 is 0 Å². The van der Waals surface area contributed by atoms with Gasteiger partial charge in [-0.05, 0) is 50.1 Å². The first-order valence-electron chi connectivity index (χ1n) is 7.19. The standard InChI is InChI=1S/C16H26N2/c1-13-11-16(10-9-14(13)12-17-2)18(3)15-7-5-4-6-8-15/h9-11,15,17H,4-8,12H2,1-3H3. The van der Waals surface area contributed by atoms with Crippen molar-refractivity contribution < 1.29 is 0 Å². The molecule has 0 aromatic heterocycles. The average Bonchev–Trinajstić information content (AvgIpc) is 2.41. The summed E-state index contributed by atoms with van der Waals surface area (Å²) in [5.74, 6) is 0. The van der Waals surface area contributed by atoms with Crippen molar-refractivity contribution in [3.05, 3.63) is 29.3 Å². The summed E-state index contributed by atoms with van der Waals surface area (Å²) in [5.41, 5.74) is 4.17. The Labute approximate surface area is 111 Å². The summed E-state index contributed by atoms with van der Waals surface area (Å²) in [6, 6.07) is 7.61. The highest BCUT2D eigenvalue weighted by Gasteiger charge is 2.18. The van der Waals surface area contributed by atoms with Gasteiger partial charge in [0.1, 0.15) is 0 Å². The van der Waals surface area contributed by atoms with Crippen LogP contribution in [0.3, 0.4) is 0 Å². The van der Waals surface area contributed by atoms with Crippen LogP contribution in [0.4, 0.5) is 5.69 Å². The summed E-state index contributed by atoms with van der Waals surface area (Å²) in [5, 5.41) is 3.22. The number of anilines is 1. The third-order valence-corrected chi connectivity index (χ3v) is 4.22. The second-order valence-corrected chi connectivity index (χ2v) is 5.54. The zero-order valence-electron chi connectivity index (χ0n) is 12.0. The van der Waals surface area contributed by atoms with Gasteiger partial charge < -0.3 is 10.2 Å². The first-order chi connectivity index (χ1) is 8.72. The highest BCUT2D eigenvalue weighted by atomic mass is 15.1. The highest BCUT2D eigenvalue weighted by Crippen LogP contribution is 2.27. The zero-order valence-corrected chi connectivity index (χ0v) is 12.0. The molecule has 0 aliphatic heterocycles. The minimum absolute atomic E-state index is 0.744. The maximum Gasteiger partial charge on any atom is 0.0368 e. The Morgan fingerprint density at radius 1 is 1.22 bits per heavy atom. The molecule has 1 aliphatic carbocycles. The fraction of sp³-hybridized carbons (Fsp3) is 0.625. The molecule has 2 rings (SSSR count). The molecule has 1 aromatic carbocycles. The molecule has 1 aromatic rings. The van der Waals surface area contributed by atoms with Crippen molar-refractivity contribution >= 4 is 5.69 Å². The number of rotatable bonds is 4. The molecule has 0 radical (unpaired) electrons. The van der Waals surface area contributed by atoms with Gasteiger partial charge in [-0.1, -0.05) is 25.3 Å². The Morgan fingerprint density at radius 3 is 2.56 bits per heavy atom. The van der Waals surface area contributed by atoms with Gasteiger partial charge in [0.2, 0.25) is 0 Å². The molecule has 0 saturated heterocycles. The van der Waals surface area contributed by atoms with Crippen LogP contribution in [-0.2, 0) is 6.54 Å². The van der Waals surface area contributed by atoms with E-state index in [1.807, 2.05) is 7.05 Å². The molecule has 0 bridgehead atoms. The van der Waals surface area contributed by atoms with Crippen LogP contribution < -0.4 is 10.2 Å². The van der Waals surface area contributed by atoms with Crippen molar-refractivity contribution in [3.8, 4) is 0 Å². The average molecular weight is 246 g/mol. The molecule has 0 spiro atoms. The molecular formula is C16H26N2. The predicted molar refractivity (Wildman–Crippen MR) is 79.2 cm³/mol. The zero-order chi connectivity index (χ0) is 13.0. The third kappa shape index (κ3) is 3.05. The van der Waals surface area contributed by atoms with Crippen molar-refractivity contribution in [3.63, 3.8) is 0 Å². The van der Waals surface area contributed by atoms with Gasteiger partial charge in [-0.2, -0.15) is 0 Å². The minimum Gasteiger partial charge on any atom is -0.372 e. The summed E-state index contributed by atoms with van der Waals surface area (Å²) in [4.78, 5) is 2.48. The summed E-state index contributed by atoms with van der Waals surface area (Å²) in [6.07, 6.45) is 6.92. The van der Waals surface area contributed by atoms with E-state index in [-0.39, 0.29) is 0 Å². The molecule has 0 atom stereocenters. The van der Waals surface area contributed by atoms with Crippen LogP contribution in [0.1, 0.15) is 43.2 Å². The van der Waals surface area contributed by atoms with Crippen molar-refractivity contribution in [2.75, 3.05) is 19.0 Å². The molecular weight excluding hydrogens is 220 g/mol. The molecule has 0 amide bonds. The van der Waals surface area contributed by atoms with Gasteiger partial charge in [0.15, 0.2) is 0 Å². The van der Waals surface area contributed by atoms with Crippen LogP contribution in [-0.4, -0.2) is 20.1 Å². The Morgan fingerprint density at radius 2 is 1.94 bits per heavy atom. The van der Waals surface area contributed by atoms with E-state index in [1.165, 1.54) is 48.9 Å². The fourth-order valence-electron chi connectivity index (χ4n) is 2.97. The van der Waals surface area contributed by atoms with Crippen molar-refractivity contribution in [1.29, 1.82) is 0 Å². The van der Waals surface area contributed by atoms with Crippen LogP contribution >= 0.6 is 0 Å². The van der Waals surface area contributed by atoms with Crippen molar-refractivity contribution in [1.82, 2.24) is 5.32 Å². The maximum absolute atomic E-state index is 3.22. The first-order valence-corrected chi connectivity index (χ1v) is 7.19. The lowest BCUT2D eigenvalue weighted by atomic mass is 9.94. The second kappa shape index (κ2) is 6.24. The van der Waals surface area contributed by atoms with Gasteiger partial charge in [-0.15, -0.1) is 0 Å². The molecule has 1 aliphatic rings. The van der Waals surface area contributed by atoms with E-state index in [4.69, 9.17) is 0 Å². The number of hydrogen-bond donors (Lipinski definition) is 1. The van der Waals surface area contributed by atoms with Crippen LogP contribution in [0.2, 0.25) is 0 Å². The minimum atomic E-state index is 0.744. The monoisotopic (exact) mass is 246 g/mol. The van der Waals surface area contributed by atoms with Crippen molar-refractivity contribution in [2.24, 2.45) is 0 Å². The van der Waals surface area contributed by atoms with Gasteiger partial charge in [0.25, 0.3) is 0 Å². The van der Waals surface area contributed by atoms with Crippen LogP contribution in [0, 0.1) is 6.92 Å². The fourth-order valence-corrected chi connectivity index (χ4v) is 2.97. The normalized spacial score (nSPS) is 16.8. The summed E-state index contributed by atoms with van der Waals surface area (Å²) >= 11 is 0. The summed E-state index contributed by atoms with van der Waals surface area (Å²) in [7, 11) is 4.25. The Hall–Kier alpha value is -1.02. The van der Waals surface area contributed by atoms with E-state index in [0.29, 0.717) is 0 Å². The molecule has 100 valence electrons. The smallest absolute Gasteiger partial charge is 0.0368 e. The SMILES string of the molecule is CNCc1ccc(N(C)C2CCCCC2)cc1C. The lowest BCUT2D eigenvalue weighted by Crippen LogP contribution is -2.33. The van der Waals surface area contributed by atoms with Crippen LogP contribution in [0.5, 0.6) is 0 Å². The molecule has 1 fully saturated rings. The number of benzene rings is 1. The maximum atomic E-state index is 3.22. The van der Waals surface area contributed by atoms with Gasteiger partial charge in [0.05, 0.1) is 0 Å². The summed E-state index contributed by atoms with van der Waals surface area (Å²) in [6.45, 7) is 3.17. The quantitative estimate of drug-likeness (QED) is 0.875. The first kappa shape index (κ1) is 13.4. The van der Waals surface area contributed by atoms with E-state index >= 15 is 0 Å². The van der Waals surface area contributed by atoms with E-state index in [9.17, 15) is 0 Å². The number of nitrogens with one attached hydrogen (secondary N) is 1. The molecule has 1 saturated carbocycles. The third-order valence-electron chi connectivity index (χ3n) is 4.22. The number of hydrogen-bond acceptors (Lipinski definition) is 2. The molecule has 1 N–H and O–H groups in total. The van der Waals surface area contributed by atoms with E-state index in [2.05, 4.69) is 42.4 Å². The number of aryl methyl sites for hydroxylation is 1. The Balaban J connectivity index is 2.10. The Kier molecular flexibility index (Phi) is 4.65. The van der Waals surface area contributed by atoms with E-state index in [0.717, 1.165) is 12.6 Å². The summed E-state index contributed by atoms with van der Waals surface area (Å²) < 4.78 is 0. The topological polar surface area (TPSA) is 15.3 Å². The lowest BCUT2D eigenvalue weighted by Gasteiger charge is -2.33. The molecule has 0 unspecified atom stereocenters. The largest absolute Gasteiger partial charge is 0.372 e. The van der Waals surface area contributed by atoms with Gasteiger partial charge in [0, 0.05) is 25.3 Å². The van der Waals surface area contributed by atoms with Crippen molar-refractivity contribution in [2.45, 2.75) is 51.6 Å². The predicted octanol–water partition coefficient (Wildman–Crippen LogP) is 3.48. The second-order valence-electron chi connectivity index (χ2n) is 5.54.